The fourth-order valence-corrected chi connectivity index (χ4v) is 2.89. The van der Waals surface area contributed by atoms with Gasteiger partial charge in [0.05, 0.1) is 0 Å². The Morgan fingerprint density at radius 2 is 1.94 bits per heavy atom. The first-order valence-corrected chi connectivity index (χ1v) is 7.25. The molecule has 1 aliphatic carbocycles. The number of nitrogens with two attached hydrogens (primary N) is 1. The van der Waals surface area contributed by atoms with Crippen LogP contribution < -0.4 is 16.6 Å². The van der Waals surface area contributed by atoms with Crippen molar-refractivity contribution in [3.8, 4) is 0 Å². The lowest BCUT2D eigenvalue weighted by Crippen LogP contribution is -2.27. The van der Waals surface area contributed by atoms with Gasteiger partial charge in [0.25, 0.3) is 0 Å². The number of aromatic nitrogens is 2. The topological polar surface area (TPSA) is 75.9 Å². The van der Waals surface area contributed by atoms with Gasteiger partial charge in [-0.05, 0) is 34.7 Å². The van der Waals surface area contributed by atoms with Gasteiger partial charge < -0.3 is 10.7 Å². The highest BCUT2D eigenvalue weighted by molar-refractivity contribution is 9.10. The molecule has 2 atom stereocenters. The van der Waals surface area contributed by atoms with Gasteiger partial charge in [-0.1, -0.05) is 26.2 Å². The zero-order valence-electron chi connectivity index (χ0n) is 10.6. The molecular weight excluding hydrogens is 294 g/mol. The third kappa shape index (κ3) is 3.11. The van der Waals surface area contributed by atoms with Gasteiger partial charge in [-0.15, -0.1) is 0 Å². The average molecular weight is 314 g/mol. The zero-order valence-corrected chi connectivity index (χ0v) is 12.2. The highest BCUT2D eigenvalue weighted by atomic mass is 79.9. The number of anilines is 2. The summed E-state index contributed by atoms with van der Waals surface area (Å²) in [5, 5.41) is 3.52. The number of nitrogens with zero attached hydrogens (tertiary/aromatic N) is 2. The summed E-state index contributed by atoms with van der Waals surface area (Å²) >= 11 is 3.48. The second kappa shape index (κ2) is 6.33. The summed E-state index contributed by atoms with van der Waals surface area (Å²) in [5.74, 6) is 7.50. The average Bonchev–Trinajstić information content (AvgIpc) is 2.57. The summed E-state index contributed by atoms with van der Waals surface area (Å²) < 4.78 is 0.795. The van der Waals surface area contributed by atoms with Crippen LogP contribution in [0.25, 0.3) is 0 Å². The fourth-order valence-electron chi connectivity index (χ4n) is 2.45. The smallest absolute Gasteiger partial charge is 0.159 e. The Morgan fingerprint density at radius 3 is 2.72 bits per heavy atom. The van der Waals surface area contributed by atoms with Crippen molar-refractivity contribution < 1.29 is 0 Å². The largest absolute Gasteiger partial charge is 0.366 e. The molecule has 18 heavy (non-hydrogen) atoms. The molecular formula is C12H20BrN5. The minimum Gasteiger partial charge on any atom is -0.366 e. The highest BCUT2D eigenvalue weighted by Crippen LogP contribution is 2.30. The quantitative estimate of drug-likeness (QED) is 0.454. The number of rotatable bonds is 3. The molecule has 1 aromatic heterocycles. The summed E-state index contributed by atoms with van der Waals surface area (Å²) in [6.07, 6.45) is 7.95. The van der Waals surface area contributed by atoms with Crippen LogP contribution in [0.5, 0.6) is 0 Å². The number of hydrogen-bond donors (Lipinski definition) is 3. The van der Waals surface area contributed by atoms with Crippen molar-refractivity contribution in [2.24, 2.45) is 11.8 Å². The van der Waals surface area contributed by atoms with Crippen LogP contribution in [-0.2, 0) is 0 Å². The van der Waals surface area contributed by atoms with Crippen molar-refractivity contribution in [3.05, 3.63) is 10.8 Å². The number of hydrogen-bond acceptors (Lipinski definition) is 5. The van der Waals surface area contributed by atoms with Crippen molar-refractivity contribution in [2.45, 2.75) is 45.1 Å². The van der Waals surface area contributed by atoms with Gasteiger partial charge >= 0.3 is 0 Å². The molecule has 0 amide bonds. The van der Waals surface area contributed by atoms with Gasteiger partial charge in [0.15, 0.2) is 5.82 Å². The van der Waals surface area contributed by atoms with E-state index < -0.39 is 0 Å². The van der Waals surface area contributed by atoms with E-state index in [-0.39, 0.29) is 0 Å². The maximum absolute atomic E-state index is 5.41. The molecule has 1 saturated carbocycles. The molecule has 0 aromatic carbocycles. The number of nitrogen functional groups attached to an aromatic ring is 1. The van der Waals surface area contributed by atoms with Crippen molar-refractivity contribution >= 4 is 27.6 Å². The molecule has 1 aromatic rings. The molecule has 2 rings (SSSR count). The number of halogens is 1. The van der Waals surface area contributed by atoms with E-state index >= 15 is 0 Å². The third-order valence-electron chi connectivity index (χ3n) is 3.61. The molecule has 2 unspecified atom stereocenters. The molecule has 5 nitrogen and oxygen atoms in total. The highest BCUT2D eigenvalue weighted by Gasteiger charge is 2.21. The van der Waals surface area contributed by atoms with Crippen LogP contribution in [0, 0.1) is 5.92 Å². The van der Waals surface area contributed by atoms with Gasteiger partial charge in [0, 0.05) is 6.04 Å². The van der Waals surface area contributed by atoms with Gasteiger partial charge in [-0.3, -0.25) is 0 Å². The number of nitrogens with one attached hydrogen (secondary N) is 2. The van der Waals surface area contributed by atoms with Crippen LogP contribution in [0.3, 0.4) is 0 Å². The molecule has 1 aliphatic rings. The Bertz CT molecular complexity index is 398. The first-order valence-electron chi connectivity index (χ1n) is 6.46. The Balaban J connectivity index is 2.12. The molecule has 0 radical (unpaired) electrons. The van der Waals surface area contributed by atoms with E-state index in [2.05, 4.69) is 43.6 Å². The van der Waals surface area contributed by atoms with Gasteiger partial charge in [0.1, 0.15) is 16.6 Å². The summed E-state index contributed by atoms with van der Waals surface area (Å²) in [7, 11) is 0. The standard InChI is InChI=1S/C12H20BrN5/c1-8-5-3-2-4-6-9(8)17-11-10(13)12(18-14)16-7-15-11/h7-9H,2-6,14H2,1H3,(H2,15,16,17,18). The van der Waals surface area contributed by atoms with E-state index in [4.69, 9.17) is 5.84 Å². The van der Waals surface area contributed by atoms with E-state index in [9.17, 15) is 0 Å². The predicted molar refractivity (Wildman–Crippen MR) is 77.2 cm³/mol. The molecule has 6 heteroatoms. The van der Waals surface area contributed by atoms with E-state index in [0.29, 0.717) is 17.8 Å². The SMILES string of the molecule is CC1CCCCCC1Nc1ncnc(NN)c1Br. The second-order valence-corrected chi connectivity index (χ2v) is 5.69. The minimum atomic E-state index is 0.476. The van der Waals surface area contributed by atoms with Crippen LogP contribution in [-0.4, -0.2) is 16.0 Å². The van der Waals surface area contributed by atoms with Crippen LogP contribution in [0.1, 0.15) is 39.0 Å². The molecule has 4 N–H and O–H groups in total. The van der Waals surface area contributed by atoms with Gasteiger partial charge in [0.2, 0.25) is 0 Å². The molecule has 0 saturated heterocycles. The maximum atomic E-state index is 5.41. The Labute approximate surface area is 116 Å². The molecule has 0 bridgehead atoms. The molecule has 1 heterocycles. The Kier molecular flexibility index (Phi) is 4.77. The Morgan fingerprint density at radius 1 is 1.22 bits per heavy atom. The van der Waals surface area contributed by atoms with Crippen LogP contribution in [0.4, 0.5) is 11.6 Å². The minimum absolute atomic E-state index is 0.476. The monoisotopic (exact) mass is 313 g/mol. The third-order valence-corrected chi connectivity index (χ3v) is 4.36. The lowest BCUT2D eigenvalue weighted by atomic mass is 9.97. The number of hydrazine groups is 1. The summed E-state index contributed by atoms with van der Waals surface area (Å²) in [6.45, 7) is 2.31. The predicted octanol–water partition coefficient (Wildman–Crippen LogP) is 2.91. The van der Waals surface area contributed by atoms with Crippen molar-refractivity contribution in [1.29, 1.82) is 0 Å². The van der Waals surface area contributed by atoms with Crippen molar-refractivity contribution in [3.63, 3.8) is 0 Å². The molecule has 100 valence electrons. The lowest BCUT2D eigenvalue weighted by molar-refractivity contribution is 0.455. The molecule has 0 aliphatic heterocycles. The van der Waals surface area contributed by atoms with Gasteiger partial charge in [-0.25, -0.2) is 15.8 Å². The van der Waals surface area contributed by atoms with E-state index in [0.717, 1.165) is 10.3 Å². The molecule has 1 fully saturated rings. The normalized spacial score (nSPS) is 24.4. The Hall–Kier alpha value is -0.880. The van der Waals surface area contributed by atoms with Crippen LogP contribution in [0.2, 0.25) is 0 Å². The van der Waals surface area contributed by atoms with E-state index in [1.165, 1.54) is 38.4 Å². The summed E-state index contributed by atoms with van der Waals surface area (Å²) in [4.78, 5) is 8.34. The fraction of sp³-hybridized carbons (Fsp3) is 0.667. The van der Waals surface area contributed by atoms with E-state index in [1.807, 2.05) is 0 Å². The van der Waals surface area contributed by atoms with Gasteiger partial charge in [-0.2, -0.15) is 0 Å². The molecule has 0 spiro atoms. The van der Waals surface area contributed by atoms with Crippen molar-refractivity contribution in [1.82, 2.24) is 9.97 Å². The van der Waals surface area contributed by atoms with E-state index in [1.54, 1.807) is 0 Å². The summed E-state index contributed by atoms with van der Waals surface area (Å²) in [5.41, 5.74) is 2.56. The van der Waals surface area contributed by atoms with Crippen LogP contribution in [0.15, 0.2) is 10.8 Å². The second-order valence-electron chi connectivity index (χ2n) is 4.90. The first kappa shape index (κ1) is 13.5. The van der Waals surface area contributed by atoms with Crippen LogP contribution >= 0.6 is 15.9 Å². The van der Waals surface area contributed by atoms with Crippen molar-refractivity contribution in [2.75, 3.05) is 10.7 Å². The lowest BCUT2D eigenvalue weighted by Gasteiger charge is -2.24. The first-order chi connectivity index (χ1) is 8.72. The zero-order chi connectivity index (χ0) is 13.0. The maximum Gasteiger partial charge on any atom is 0.159 e. The summed E-state index contributed by atoms with van der Waals surface area (Å²) in [6, 6.07) is 0.476.